The molecule has 86 valence electrons. The molecule has 0 saturated carbocycles. The van der Waals surface area contributed by atoms with Crippen LogP contribution in [0.1, 0.15) is 19.8 Å². The van der Waals surface area contributed by atoms with Crippen LogP contribution in [0.25, 0.3) is 0 Å². The number of hydrogen-bond acceptors (Lipinski definition) is 2. The van der Waals surface area contributed by atoms with Crippen LogP contribution < -0.4 is 5.32 Å². The Hall–Kier alpha value is -0.0500. The number of hydrogen-bond donors (Lipinski definition) is 1. The van der Waals surface area contributed by atoms with Crippen molar-refractivity contribution >= 4 is 53.5 Å². The summed E-state index contributed by atoms with van der Waals surface area (Å²) in [4.78, 5) is 0. The lowest BCUT2D eigenvalue weighted by atomic mass is 10.1. The largest absolute Gasteiger partial charge is 0.379 e. The van der Waals surface area contributed by atoms with Gasteiger partial charge < -0.3 is 5.32 Å². The number of nitrogens with zero attached hydrogens (tertiary/aromatic N) is 1. The van der Waals surface area contributed by atoms with Gasteiger partial charge in [-0.1, -0.05) is 22.9 Å². The predicted octanol–water partition coefficient (Wildman–Crippen LogP) is 5.08. The minimum Gasteiger partial charge on any atom is -0.379 e. The van der Waals surface area contributed by atoms with Crippen LogP contribution in [0.2, 0.25) is 0 Å². The molecule has 1 unspecified atom stereocenters. The first kappa shape index (κ1) is 14.0. The SMILES string of the molecule is CCC(CC#N)Nc1c(Br)cc(Br)cc1Br. The van der Waals surface area contributed by atoms with Gasteiger partial charge in [-0.25, -0.2) is 0 Å². The van der Waals surface area contributed by atoms with E-state index in [1.165, 1.54) is 0 Å². The zero-order valence-electron chi connectivity index (χ0n) is 8.73. The maximum Gasteiger partial charge on any atom is 0.0643 e. The van der Waals surface area contributed by atoms with E-state index in [9.17, 15) is 0 Å². The lowest BCUT2D eigenvalue weighted by molar-refractivity contribution is 0.710. The third-order valence-corrected chi connectivity index (χ3v) is 3.89. The van der Waals surface area contributed by atoms with Gasteiger partial charge in [-0.15, -0.1) is 0 Å². The highest BCUT2D eigenvalue weighted by molar-refractivity contribution is 9.11. The molecule has 0 aliphatic carbocycles. The zero-order valence-corrected chi connectivity index (χ0v) is 13.5. The van der Waals surface area contributed by atoms with Crippen LogP contribution in [0, 0.1) is 11.3 Å². The van der Waals surface area contributed by atoms with Gasteiger partial charge in [0, 0.05) is 19.5 Å². The maximum atomic E-state index is 8.71. The number of nitriles is 1. The van der Waals surface area contributed by atoms with Crippen LogP contribution in [-0.4, -0.2) is 6.04 Å². The lowest BCUT2D eigenvalue weighted by Gasteiger charge is -2.18. The maximum absolute atomic E-state index is 8.71. The molecule has 0 heterocycles. The molecule has 1 aromatic carbocycles. The van der Waals surface area contributed by atoms with Crippen molar-refractivity contribution in [3.8, 4) is 6.07 Å². The van der Waals surface area contributed by atoms with Crippen molar-refractivity contribution in [3.05, 3.63) is 25.6 Å². The average Bonchev–Trinajstić information content (AvgIpc) is 2.21. The normalized spacial score (nSPS) is 11.9. The molecule has 0 aliphatic heterocycles. The summed E-state index contributed by atoms with van der Waals surface area (Å²) in [5, 5.41) is 12.1. The quantitative estimate of drug-likeness (QED) is 0.751. The van der Waals surface area contributed by atoms with E-state index in [1.54, 1.807) is 0 Å². The Kier molecular flexibility index (Phi) is 5.81. The molecule has 0 saturated heterocycles. The summed E-state index contributed by atoms with van der Waals surface area (Å²) in [6.07, 6.45) is 1.42. The van der Waals surface area contributed by atoms with E-state index in [0.29, 0.717) is 6.42 Å². The molecule has 0 aromatic heterocycles. The van der Waals surface area contributed by atoms with E-state index >= 15 is 0 Å². The van der Waals surface area contributed by atoms with Gasteiger partial charge in [0.05, 0.1) is 18.2 Å². The second-order valence-electron chi connectivity index (χ2n) is 3.36. The van der Waals surface area contributed by atoms with Crippen LogP contribution in [0.3, 0.4) is 0 Å². The molecule has 0 amide bonds. The van der Waals surface area contributed by atoms with Crippen molar-refractivity contribution in [2.75, 3.05) is 5.32 Å². The van der Waals surface area contributed by atoms with Gasteiger partial charge >= 0.3 is 0 Å². The van der Waals surface area contributed by atoms with Crippen LogP contribution >= 0.6 is 47.8 Å². The molecule has 1 rings (SSSR count). The summed E-state index contributed by atoms with van der Waals surface area (Å²) in [7, 11) is 0. The molecule has 2 nitrogen and oxygen atoms in total. The van der Waals surface area contributed by atoms with Gasteiger partial charge in [-0.2, -0.15) is 5.26 Å². The molecule has 0 fully saturated rings. The summed E-state index contributed by atoms with van der Waals surface area (Å²) >= 11 is 10.4. The summed E-state index contributed by atoms with van der Waals surface area (Å²) in [5.74, 6) is 0. The highest BCUT2D eigenvalue weighted by Gasteiger charge is 2.11. The lowest BCUT2D eigenvalue weighted by Crippen LogP contribution is -2.18. The van der Waals surface area contributed by atoms with Crippen molar-refractivity contribution in [1.29, 1.82) is 5.26 Å². The molecule has 1 N–H and O–H groups in total. The van der Waals surface area contributed by atoms with Gasteiger partial charge in [-0.05, 0) is 50.4 Å². The van der Waals surface area contributed by atoms with Gasteiger partial charge in [0.25, 0.3) is 0 Å². The fourth-order valence-electron chi connectivity index (χ4n) is 1.29. The third kappa shape index (κ3) is 3.76. The van der Waals surface area contributed by atoms with Gasteiger partial charge in [0.1, 0.15) is 0 Å². The second kappa shape index (κ2) is 6.63. The molecular weight excluding hydrogens is 400 g/mol. The van der Waals surface area contributed by atoms with E-state index in [2.05, 4.69) is 66.1 Å². The topological polar surface area (TPSA) is 35.8 Å². The first-order chi connectivity index (χ1) is 7.58. The van der Waals surface area contributed by atoms with Gasteiger partial charge in [0.15, 0.2) is 0 Å². The number of rotatable bonds is 4. The average molecular weight is 411 g/mol. The number of benzene rings is 1. The highest BCUT2D eigenvalue weighted by Crippen LogP contribution is 2.35. The smallest absolute Gasteiger partial charge is 0.0643 e. The van der Waals surface area contributed by atoms with Gasteiger partial charge in [0.2, 0.25) is 0 Å². The van der Waals surface area contributed by atoms with E-state index in [1.807, 2.05) is 12.1 Å². The summed E-state index contributed by atoms with van der Waals surface area (Å²) in [5.41, 5.74) is 0.991. The Bertz CT molecular complexity index is 389. The summed E-state index contributed by atoms with van der Waals surface area (Å²) < 4.78 is 2.96. The van der Waals surface area contributed by atoms with E-state index in [4.69, 9.17) is 5.26 Å². The van der Waals surface area contributed by atoms with Gasteiger partial charge in [-0.3, -0.25) is 0 Å². The summed E-state index contributed by atoms with van der Waals surface area (Å²) in [6, 6.07) is 6.32. The predicted molar refractivity (Wildman–Crippen MR) is 77.5 cm³/mol. The molecule has 16 heavy (non-hydrogen) atoms. The van der Waals surface area contributed by atoms with E-state index < -0.39 is 0 Å². The van der Waals surface area contributed by atoms with Crippen molar-refractivity contribution < 1.29 is 0 Å². The van der Waals surface area contributed by atoms with Crippen LogP contribution in [0.4, 0.5) is 5.69 Å². The molecule has 0 radical (unpaired) electrons. The molecular formula is C11H11Br3N2. The monoisotopic (exact) mass is 408 g/mol. The zero-order chi connectivity index (χ0) is 12.1. The van der Waals surface area contributed by atoms with Crippen LogP contribution in [0.15, 0.2) is 25.6 Å². The minimum absolute atomic E-state index is 0.179. The number of halogens is 3. The van der Waals surface area contributed by atoms with Crippen molar-refractivity contribution in [2.24, 2.45) is 0 Å². The van der Waals surface area contributed by atoms with E-state index in [0.717, 1.165) is 25.5 Å². The van der Waals surface area contributed by atoms with Crippen molar-refractivity contribution in [2.45, 2.75) is 25.8 Å². The molecule has 1 atom stereocenters. The Morgan fingerprint density at radius 2 is 1.88 bits per heavy atom. The molecule has 0 aliphatic rings. The Morgan fingerprint density at radius 1 is 1.31 bits per heavy atom. The molecule has 5 heteroatoms. The Morgan fingerprint density at radius 3 is 2.31 bits per heavy atom. The molecule has 0 bridgehead atoms. The Balaban J connectivity index is 2.92. The standard InChI is InChI=1S/C11H11Br3N2/c1-2-8(3-4-15)16-11-9(13)5-7(12)6-10(11)14/h5-6,8,16H,2-3H2,1H3. The minimum atomic E-state index is 0.179. The van der Waals surface area contributed by atoms with E-state index in [-0.39, 0.29) is 6.04 Å². The molecule has 1 aromatic rings. The number of anilines is 1. The van der Waals surface area contributed by atoms with Crippen molar-refractivity contribution in [3.63, 3.8) is 0 Å². The highest BCUT2D eigenvalue weighted by atomic mass is 79.9. The first-order valence-electron chi connectivity index (χ1n) is 4.86. The fourth-order valence-corrected chi connectivity index (χ4v) is 3.78. The third-order valence-electron chi connectivity index (χ3n) is 2.19. The van der Waals surface area contributed by atoms with Crippen LogP contribution in [-0.2, 0) is 0 Å². The number of nitrogens with one attached hydrogen (secondary N) is 1. The second-order valence-corrected chi connectivity index (χ2v) is 5.98. The molecule has 0 spiro atoms. The first-order valence-corrected chi connectivity index (χ1v) is 7.24. The van der Waals surface area contributed by atoms with Crippen molar-refractivity contribution in [1.82, 2.24) is 0 Å². The Labute approximate surface area is 121 Å². The fraction of sp³-hybridized carbons (Fsp3) is 0.364. The van der Waals surface area contributed by atoms with Crippen LogP contribution in [0.5, 0.6) is 0 Å². The summed E-state index contributed by atoms with van der Waals surface area (Å²) in [6.45, 7) is 2.07.